The van der Waals surface area contributed by atoms with Gasteiger partial charge in [0.05, 0.1) is 0 Å². The number of halogens is 1. The van der Waals surface area contributed by atoms with Crippen molar-refractivity contribution in [3.63, 3.8) is 0 Å². The van der Waals surface area contributed by atoms with Crippen LogP contribution in [0.3, 0.4) is 0 Å². The van der Waals surface area contributed by atoms with Crippen molar-refractivity contribution in [1.82, 2.24) is 0 Å². The van der Waals surface area contributed by atoms with Crippen molar-refractivity contribution < 1.29 is 0 Å². The molecule has 2 heteroatoms. The van der Waals surface area contributed by atoms with Crippen LogP contribution in [-0.4, -0.2) is 19.0 Å². The third-order valence-corrected chi connectivity index (χ3v) is 2.96. The van der Waals surface area contributed by atoms with Crippen molar-refractivity contribution >= 4 is 17.3 Å². The van der Waals surface area contributed by atoms with E-state index in [9.17, 15) is 0 Å². The predicted octanol–water partition coefficient (Wildman–Crippen LogP) is 3.27. The van der Waals surface area contributed by atoms with E-state index >= 15 is 0 Å². The summed E-state index contributed by atoms with van der Waals surface area (Å²) >= 11 is 5.59. The third kappa shape index (κ3) is 2.93. The van der Waals surface area contributed by atoms with Crippen molar-refractivity contribution in [3.05, 3.63) is 29.8 Å². The number of hydrogen-bond donors (Lipinski definition) is 0. The quantitative estimate of drug-likeness (QED) is 0.560. The first kappa shape index (κ1) is 11.4. The molecule has 1 heterocycles. The lowest BCUT2D eigenvalue weighted by atomic mass is 10.2. The Bertz CT molecular complexity index is 397. The molecule has 16 heavy (non-hydrogen) atoms. The summed E-state index contributed by atoms with van der Waals surface area (Å²) in [5.41, 5.74) is 2.39. The van der Waals surface area contributed by atoms with Crippen molar-refractivity contribution in [1.29, 1.82) is 0 Å². The summed E-state index contributed by atoms with van der Waals surface area (Å²) < 4.78 is 0. The summed E-state index contributed by atoms with van der Waals surface area (Å²) in [6.07, 6.45) is 3.37. The summed E-state index contributed by atoms with van der Waals surface area (Å²) in [4.78, 5) is 2.42. The van der Waals surface area contributed by atoms with Gasteiger partial charge in [-0.15, -0.1) is 11.6 Å². The van der Waals surface area contributed by atoms with E-state index in [1.54, 1.807) is 0 Å². The highest BCUT2D eigenvalue weighted by atomic mass is 35.5. The Morgan fingerprint density at radius 2 is 2.06 bits per heavy atom. The molecule has 1 nitrogen and oxygen atoms in total. The van der Waals surface area contributed by atoms with Crippen molar-refractivity contribution in [2.75, 3.05) is 23.9 Å². The molecule has 1 saturated heterocycles. The van der Waals surface area contributed by atoms with Gasteiger partial charge in [-0.2, -0.15) is 0 Å². The molecule has 0 amide bonds. The minimum Gasteiger partial charge on any atom is -0.371 e. The molecule has 2 rings (SSSR count). The first-order chi connectivity index (χ1) is 7.90. The Kier molecular flexibility index (Phi) is 4.13. The molecule has 1 aliphatic rings. The van der Waals surface area contributed by atoms with E-state index in [1.807, 2.05) is 0 Å². The maximum Gasteiger partial charge on any atom is 0.0378 e. The highest BCUT2D eigenvalue weighted by Gasteiger charge is 2.11. The minimum atomic E-state index is 0.610. The number of benzene rings is 1. The van der Waals surface area contributed by atoms with E-state index < -0.39 is 0 Å². The summed E-state index contributed by atoms with van der Waals surface area (Å²) in [7, 11) is 0. The fourth-order valence-electron chi connectivity index (χ4n) is 1.97. The Hall–Kier alpha value is -1.13. The van der Waals surface area contributed by atoms with Gasteiger partial charge >= 0.3 is 0 Å². The van der Waals surface area contributed by atoms with Gasteiger partial charge in [-0.25, -0.2) is 0 Å². The van der Waals surface area contributed by atoms with Gasteiger partial charge in [0.1, 0.15) is 0 Å². The monoisotopic (exact) mass is 233 g/mol. The van der Waals surface area contributed by atoms with Crippen LogP contribution in [0.15, 0.2) is 24.3 Å². The molecule has 0 saturated carbocycles. The van der Waals surface area contributed by atoms with Gasteiger partial charge in [0.25, 0.3) is 0 Å². The first-order valence-electron chi connectivity index (χ1n) is 5.80. The summed E-state index contributed by atoms with van der Waals surface area (Å²) in [5.74, 6) is 6.83. The smallest absolute Gasteiger partial charge is 0.0378 e. The van der Waals surface area contributed by atoms with Gasteiger partial charge in [0, 0.05) is 36.6 Å². The number of alkyl halides is 1. The van der Waals surface area contributed by atoms with E-state index in [0.29, 0.717) is 5.88 Å². The maximum atomic E-state index is 5.59. The molecule has 84 valence electrons. The van der Waals surface area contributed by atoms with E-state index in [0.717, 1.165) is 12.0 Å². The van der Waals surface area contributed by atoms with Gasteiger partial charge in [-0.3, -0.25) is 0 Å². The van der Waals surface area contributed by atoms with Gasteiger partial charge in [0.15, 0.2) is 0 Å². The van der Waals surface area contributed by atoms with Gasteiger partial charge in [-0.1, -0.05) is 17.9 Å². The molecular formula is C14H16ClN. The molecule has 0 unspecified atom stereocenters. The number of hydrogen-bond acceptors (Lipinski definition) is 1. The lowest BCUT2D eigenvalue weighted by Gasteiger charge is -2.17. The van der Waals surface area contributed by atoms with Gasteiger partial charge < -0.3 is 4.90 Å². The molecule has 0 radical (unpaired) electrons. The topological polar surface area (TPSA) is 3.24 Å². The highest BCUT2D eigenvalue weighted by molar-refractivity contribution is 6.18. The van der Waals surface area contributed by atoms with Crippen molar-refractivity contribution in [3.8, 4) is 11.8 Å². The zero-order valence-electron chi connectivity index (χ0n) is 9.38. The molecule has 1 aromatic rings. The first-order valence-corrected chi connectivity index (χ1v) is 6.33. The Morgan fingerprint density at radius 3 is 2.81 bits per heavy atom. The minimum absolute atomic E-state index is 0.610. The average molecular weight is 234 g/mol. The molecule has 0 atom stereocenters. The van der Waals surface area contributed by atoms with E-state index in [4.69, 9.17) is 11.6 Å². The van der Waals surface area contributed by atoms with Crippen molar-refractivity contribution in [2.24, 2.45) is 0 Å². The Morgan fingerprint density at radius 1 is 1.25 bits per heavy atom. The maximum absolute atomic E-state index is 5.59. The summed E-state index contributed by atoms with van der Waals surface area (Å²) in [5, 5.41) is 0. The second-order valence-electron chi connectivity index (χ2n) is 3.99. The number of rotatable bonds is 2. The van der Waals surface area contributed by atoms with Gasteiger partial charge in [0.2, 0.25) is 0 Å². The molecule has 1 fully saturated rings. The van der Waals surface area contributed by atoms with Crippen molar-refractivity contribution in [2.45, 2.75) is 19.3 Å². The number of nitrogens with zero attached hydrogens (tertiary/aromatic N) is 1. The van der Waals surface area contributed by atoms with Crippen LogP contribution in [0.2, 0.25) is 0 Å². The van der Waals surface area contributed by atoms with Crippen LogP contribution in [0.1, 0.15) is 24.8 Å². The molecule has 0 N–H and O–H groups in total. The molecule has 0 aliphatic carbocycles. The third-order valence-electron chi connectivity index (χ3n) is 2.77. The van der Waals surface area contributed by atoms with Crippen LogP contribution in [-0.2, 0) is 0 Å². The SMILES string of the molecule is ClCCC#Cc1cccc(N2CCCC2)c1. The van der Waals surface area contributed by atoms with Crippen LogP contribution in [0.4, 0.5) is 5.69 Å². The largest absolute Gasteiger partial charge is 0.371 e. The normalized spacial score (nSPS) is 14.7. The second-order valence-corrected chi connectivity index (χ2v) is 4.36. The van der Waals surface area contributed by atoms with Crippen LogP contribution in [0.25, 0.3) is 0 Å². The summed E-state index contributed by atoms with van der Waals surface area (Å²) in [6.45, 7) is 2.36. The van der Waals surface area contributed by atoms with Crippen LogP contribution in [0, 0.1) is 11.8 Å². The fraction of sp³-hybridized carbons (Fsp3) is 0.429. The zero-order valence-corrected chi connectivity index (χ0v) is 10.1. The zero-order chi connectivity index (χ0) is 11.2. The molecular weight excluding hydrogens is 218 g/mol. The molecule has 0 bridgehead atoms. The Balaban J connectivity index is 2.10. The lowest BCUT2D eigenvalue weighted by molar-refractivity contribution is 0.949. The Labute approximate surface area is 102 Å². The lowest BCUT2D eigenvalue weighted by Crippen LogP contribution is -2.17. The van der Waals surface area contributed by atoms with Crippen LogP contribution < -0.4 is 4.90 Å². The van der Waals surface area contributed by atoms with Crippen LogP contribution in [0.5, 0.6) is 0 Å². The van der Waals surface area contributed by atoms with E-state index in [2.05, 4.69) is 41.0 Å². The summed E-state index contributed by atoms with van der Waals surface area (Å²) in [6, 6.07) is 8.48. The van der Waals surface area contributed by atoms with Gasteiger partial charge in [-0.05, 0) is 31.0 Å². The van der Waals surface area contributed by atoms with E-state index in [1.165, 1.54) is 31.6 Å². The van der Waals surface area contributed by atoms with Crippen LogP contribution >= 0.6 is 11.6 Å². The average Bonchev–Trinajstić information content (AvgIpc) is 2.83. The molecule has 0 aromatic heterocycles. The second kappa shape index (κ2) is 5.82. The molecule has 1 aromatic carbocycles. The molecule has 1 aliphatic heterocycles. The predicted molar refractivity (Wildman–Crippen MR) is 70.1 cm³/mol. The fourth-order valence-corrected chi connectivity index (χ4v) is 2.06. The highest BCUT2D eigenvalue weighted by Crippen LogP contribution is 2.20. The molecule has 0 spiro atoms. The number of anilines is 1. The standard InChI is InChI=1S/C14H16ClN/c15-9-2-1-6-13-7-5-8-14(12-13)16-10-3-4-11-16/h5,7-8,12H,2-4,9-11H2. The van der Waals surface area contributed by atoms with E-state index in [-0.39, 0.29) is 0 Å².